The van der Waals surface area contributed by atoms with E-state index in [1.807, 2.05) is 51.1 Å². The molecule has 1 aromatic rings. The van der Waals surface area contributed by atoms with E-state index in [0.717, 1.165) is 12.8 Å². The van der Waals surface area contributed by atoms with Crippen LogP contribution in [-0.4, -0.2) is 23.0 Å². The standard InChI is InChI=1S/C18H24O4/c1-16(2,3)15-21-14(19)18(22-15,13-9-5-4-6-10-13)17(20)11-7-8-12-17/h4-6,9-10,15,20H,7-8,11-12H2,1-3H3/t15-,18-/m1/s1. The lowest BCUT2D eigenvalue weighted by Crippen LogP contribution is -2.54. The van der Waals surface area contributed by atoms with E-state index in [1.165, 1.54) is 0 Å². The van der Waals surface area contributed by atoms with Crippen molar-refractivity contribution in [2.45, 2.75) is 63.9 Å². The fourth-order valence-corrected chi connectivity index (χ4v) is 3.51. The molecule has 0 aromatic heterocycles. The minimum Gasteiger partial charge on any atom is -0.433 e. The molecule has 1 saturated heterocycles. The lowest BCUT2D eigenvalue weighted by Gasteiger charge is -2.39. The van der Waals surface area contributed by atoms with Crippen molar-refractivity contribution in [1.29, 1.82) is 0 Å². The number of esters is 1. The van der Waals surface area contributed by atoms with Gasteiger partial charge in [-0.1, -0.05) is 63.9 Å². The van der Waals surface area contributed by atoms with E-state index in [4.69, 9.17) is 9.47 Å². The summed E-state index contributed by atoms with van der Waals surface area (Å²) in [6.45, 7) is 5.89. The Labute approximate surface area is 131 Å². The smallest absolute Gasteiger partial charge is 0.348 e. The summed E-state index contributed by atoms with van der Waals surface area (Å²) < 4.78 is 11.7. The Hall–Kier alpha value is -1.39. The molecule has 1 saturated carbocycles. The van der Waals surface area contributed by atoms with Gasteiger partial charge in [-0.05, 0) is 18.4 Å². The number of carbonyl (C=O) groups is 1. The molecule has 0 amide bonds. The topological polar surface area (TPSA) is 55.8 Å². The number of hydrogen-bond donors (Lipinski definition) is 1. The molecule has 1 heterocycles. The molecule has 4 nitrogen and oxygen atoms in total. The van der Waals surface area contributed by atoms with Crippen LogP contribution >= 0.6 is 0 Å². The van der Waals surface area contributed by atoms with Crippen LogP contribution in [-0.2, 0) is 19.9 Å². The molecule has 1 aliphatic heterocycles. The molecule has 4 heteroatoms. The Morgan fingerprint density at radius 3 is 2.23 bits per heavy atom. The number of rotatable bonds is 2. The molecule has 0 spiro atoms. The Morgan fingerprint density at radius 1 is 1.14 bits per heavy atom. The van der Waals surface area contributed by atoms with Gasteiger partial charge in [0.1, 0.15) is 5.60 Å². The maximum atomic E-state index is 12.8. The Kier molecular flexibility index (Phi) is 3.57. The summed E-state index contributed by atoms with van der Waals surface area (Å²) in [5.41, 5.74) is -2.29. The highest BCUT2D eigenvalue weighted by molar-refractivity contribution is 5.85. The van der Waals surface area contributed by atoms with E-state index < -0.39 is 23.5 Å². The van der Waals surface area contributed by atoms with Gasteiger partial charge in [0.05, 0.1) is 0 Å². The second kappa shape index (κ2) is 5.07. The molecule has 3 rings (SSSR count). The van der Waals surface area contributed by atoms with Gasteiger partial charge >= 0.3 is 5.97 Å². The van der Waals surface area contributed by atoms with E-state index in [2.05, 4.69) is 0 Å². The van der Waals surface area contributed by atoms with Crippen molar-refractivity contribution in [2.75, 3.05) is 0 Å². The van der Waals surface area contributed by atoms with Crippen molar-refractivity contribution >= 4 is 5.97 Å². The third kappa shape index (κ3) is 2.17. The number of hydrogen-bond acceptors (Lipinski definition) is 4. The van der Waals surface area contributed by atoms with Crippen molar-refractivity contribution in [1.82, 2.24) is 0 Å². The molecule has 0 unspecified atom stereocenters. The highest BCUT2D eigenvalue weighted by atomic mass is 16.8. The average molecular weight is 304 g/mol. The summed E-state index contributed by atoms with van der Waals surface area (Å²) in [6.07, 6.45) is 2.22. The van der Waals surface area contributed by atoms with Gasteiger partial charge < -0.3 is 14.6 Å². The molecule has 0 radical (unpaired) electrons. The quantitative estimate of drug-likeness (QED) is 0.853. The summed E-state index contributed by atoms with van der Waals surface area (Å²) in [5.74, 6) is -0.469. The van der Waals surface area contributed by atoms with Crippen LogP contribution in [0, 0.1) is 5.41 Å². The number of carbonyl (C=O) groups excluding carboxylic acids is 1. The van der Waals surface area contributed by atoms with Gasteiger partial charge in [0.15, 0.2) is 0 Å². The predicted molar refractivity (Wildman–Crippen MR) is 82.0 cm³/mol. The first kappa shape index (κ1) is 15.5. The zero-order valence-electron chi connectivity index (χ0n) is 13.5. The Bertz CT molecular complexity index is 554. The largest absolute Gasteiger partial charge is 0.433 e. The minimum atomic E-state index is -1.41. The fourth-order valence-electron chi connectivity index (χ4n) is 3.51. The van der Waals surface area contributed by atoms with Crippen LogP contribution in [0.3, 0.4) is 0 Å². The van der Waals surface area contributed by atoms with Crippen molar-refractivity contribution in [3.63, 3.8) is 0 Å². The van der Waals surface area contributed by atoms with Gasteiger partial charge in [-0.3, -0.25) is 0 Å². The zero-order valence-corrected chi connectivity index (χ0v) is 13.5. The summed E-state index contributed by atoms with van der Waals surface area (Å²) in [6, 6.07) is 9.27. The van der Waals surface area contributed by atoms with Crippen LogP contribution in [0.2, 0.25) is 0 Å². The van der Waals surface area contributed by atoms with Gasteiger partial charge in [0.25, 0.3) is 0 Å². The van der Waals surface area contributed by atoms with Crippen LogP contribution in [0.5, 0.6) is 0 Å². The van der Waals surface area contributed by atoms with Gasteiger partial charge in [-0.25, -0.2) is 4.79 Å². The van der Waals surface area contributed by atoms with E-state index >= 15 is 0 Å². The molecule has 1 aromatic carbocycles. The molecule has 1 N–H and O–H groups in total. The van der Waals surface area contributed by atoms with Crippen molar-refractivity contribution in [3.05, 3.63) is 35.9 Å². The lowest BCUT2D eigenvalue weighted by molar-refractivity contribution is -0.207. The van der Waals surface area contributed by atoms with Crippen LogP contribution in [0.15, 0.2) is 30.3 Å². The third-order valence-electron chi connectivity index (χ3n) is 4.76. The number of ether oxygens (including phenoxy) is 2. The molecule has 2 atom stereocenters. The molecular formula is C18H24O4. The first-order valence-electron chi connectivity index (χ1n) is 7.96. The fraction of sp³-hybridized carbons (Fsp3) is 0.611. The maximum absolute atomic E-state index is 12.8. The highest BCUT2D eigenvalue weighted by Gasteiger charge is 2.66. The Morgan fingerprint density at radius 2 is 1.73 bits per heavy atom. The molecule has 2 aliphatic rings. The van der Waals surface area contributed by atoms with E-state index in [9.17, 15) is 9.90 Å². The van der Waals surface area contributed by atoms with Gasteiger partial charge in [-0.2, -0.15) is 0 Å². The predicted octanol–water partition coefficient (Wildman–Crippen LogP) is 3.13. The van der Waals surface area contributed by atoms with Crippen molar-refractivity contribution < 1.29 is 19.4 Å². The second-order valence-corrected chi connectivity index (χ2v) is 7.51. The average Bonchev–Trinajstić information content (AvgIpc) is 3.05. The van der Waals surface area contributed by atoms with Gasteiger partial charge in [0.2, 0.25) is 11.9 Å². The third-order valence-corrected chi connectivity index (χ3v) is 4.76. The SMILES string of the molecule is CC(C)(C)[C@@H]1OC(=O)[C@](c2ccccc2)(C2(O)CCCC2)O1. The summed E-state index contributed by atoms with van der Waals surface area (Å²) >= 11 is 0. The zero-order chi connectivity index (χ0) is 16.0. The van der Waals surface area contributed by atoms with Gasteiger partial charge in [0, 0.05) is 5.41 Å². The summed E-state index contributed by atoms with van der Waals surface area (Å²) in [7, 11) is 0. The van der Waals surface area contributed by atoms with Crippen LogP contribution < -0.4 is 0 Å². The number of benzene rings is 1. The van der Waals surface area contributed by atoms with Crippen molar-refractivity contribution in [3.8, 4) is 0 Å². The molecule has 2 fully saturated rings. The number of aliphatic hydroxyl groups is 1. The van der Waals surface area contributed by atoms with Crippen LogP contribution in [0.4, 0.5) is 0 Å². The summed E-state index contributed by atoms with van der Waals surface area (Å²) in [5, 5.41) is 11.2. The van der Waals surface area contributed by atoms with E-state index in [-0.39, 0.29) is 5.41 Å². The lowest BCUT2D eigenvalue weighted by atomic mass is 9.76. The van der Waals surface area contributed by atoms with Gasteiger partial charge in [-0.15, -0.1) is 0 Å². The first-order valence-corrected chi connectivity index (χ1v) is 7.96. The van der Waals surface area contributed by atoms with Crippen LogP contribution in [0.1, 0.15) is 52.0 Å². The number of cyclic esters (lactones) is 1. The molecular weight excluding hydrogens is 280 g/mol. The second-order valence-electron chi connectivity index (χ2n) is 7.51. The molecule has 22 heavy (non-hydrogen) atoms. The monoisotopic (exact) mass is 304 g/mol. The molecule has 120 valence electrons. The first-order chi connectivity index (χ1) is 10.3. The normalized spacial score (nSPS) is 31.3. The van der Waals surface area contributed by atoms with E-state index in [1.54, 1.807) is 0 Å². The van der Waals surface area contributed by atoms with Crippen molar-refractivity contribution in [2.24, 2.45) is 5.41 Å². The molecule has 1 aliphatic carbocycles. The Balaban J connectivity index is 2.11. The summed E-state index contributed by atoms with van der Waals surface area (Å²) in [4.78, 5) is 12.8. The maximum Gasteiger partial charge on any atom is 0.348 e. The van der Waals surface area contributed by atoms with E-state index in [0.29, 0.717) is 18.4 Å². The van der Waals surface area contributed by atoms with Crippen LogP contribution in [0.25, 0.3) is 0 Å². The minimum absolute atomic E-state index is 0.346. The molecule has 0 bridgehead atoms. The highest BCUT2D eigenvalue weighted by Crippen LogP contribution is 2.52.